The molecule has 0 unspecified atom stereocenters. The molecule has 14 aromatic carbocycles. The Labute approximate surface area is 498 Å². The van der Waals surface area contributed by atoms with Crippen LogP contribution in [0.1, 0.15) is 0 Å². The van der Waals surface area contributed by atoms with Crippen molar-refractivity contribution in [1.29, 1.82) is 0 Å². The predicted octanol–water partition coefficient (Wildman–Crippen LogP) is 22.3. The van der Waals surface area contributed by atoms with Crippen molar-refractivity contribution in [2.75, 3.05) is 4.90 Å². The number of para-hydroxylation sites is 6. The molecule has 0 bridgehead atoms. The first-order valence-corrected chi connectivity index (χ1v) is 29.6. The molecule has 0 saturated heterocycles. The monoisotopic (exact) mass is 1090 g/mol. The van der Waals surface area contributed by atoms with E-state index in [1.165, 1.54) is 104 Å². The Bertz CT molecular complexity index is 5120. The van der Waals surface area contributed by atoms with E-state index < -0.39 is 0 Å². The molecule has 0 aliphatic heterocycles. The maximum absolute atomic E-state index is 2.44. The molecule has 0 saturated carbocycles. The van der Waals surface area contributed by atoms with E-state index in [0.717, 1.165) is 50.6 Å². The van der Waals surface area contributed by atoms with Gasteiger partial charge in [0.2, 0.25) is 0 Å². The fourth-order valence-electron chi connectivity index (χ4n) is 13.6. The van der Waals surface area contributed by atoms with Crippen LogP contribution in [-0.4, -0.2) is 13.7 Å². The summed E-state index contributed by atoms with van der Waals surface area (Å²) >= 11 is 0. The molecule has 0 atom stereocenters. The second kappa shape index (κ2) is 20.2. The van der Waals surface area contributed by atoms with E-state index in [4.69, 9.17) is 0 Å². The van der Waals surface area contributed by atoms with Gasteiger partial charge in [-0.15, -0.1) is 0 Å². The average molecular weight is 1100 g/mol. The third kappa shape index (κ3) is 8.07. The molecule has 0 aliphatic rings. The minimum atomic E-state index is 1.07. The van der Waals surface area contributed by atoms with Gasteiger partial charge in [0, 0.05) is 65.8 Å². The van der Waals surface area contributed by atoms with E-state index in [0.29, 0.717) is 0 Å². The quantitative estimate of drug-likeness (QED) is 0.133. The van der Waals surface area contributed by atoms with Gasteiger partial charge in [-0.1, -0.05) is 231 Å². The molecule has 17 rings (SSSR count). The molecular weight excluding hydrogens is 1040 g/mol. The lowest BCUT2D eigenvalue weighted by molar-refractivity contribution is 1.18. The highest BCUT2D eigenvalue weighted by molar-refractivity contribution is 6.13. The van der Waals surface area contributed by atoms with Crippen LogP contribution >= 0.6 is 0 Å². The molecule has 3 heterocycles. The minimum Gasteiger partial charge on any atom is -0.310 e. The summed E-state index contributed by atoms with van der Waals surface area (Å²) in [5.74, 6) is 0. The second-order valence-electron chi connectivity index (χ2n) is 22.4. The molecule has 0 aliphatic carbocycles. The number of fused-ring (bicyclic) bond motifs is 10. The summed E-state index contributed by atoms with van der Waals surface area (Å²) in [6.07, 6.45) is 0. The summed E-state index contributed by atoms with van der Waals surface area (Å²) in [5, 5.41) is 9.85. The Morgan fingerprint density at radius 2 is 0.477 bits per heavy atom. The van der Waals surface area contributed by atoms with Gasteiger partial charge in [-0.2, -0.15) is 0 Å². The van der Waals surface area contributed by atoms with Gasteiger partial charge in [0.15, 0.2) is 0 Å². The highest BCUT2D eigenvalue weighted by atomic mass is 15.1. The summed E-state index contributed by atoms with van der Waals surface area (Å²) in [5.41, 5.74) is 23.3. The summed E-state index contributed by atoms with van der Waals surface area (Å²) in [6.45, 7) is 0. The SMILES string of the molecule is c1ccc(-n2c3ccccc3c3ccc(-c4ccc(-c5ccc(N(c6ccc(-c7ccc(-c8ccc9c%10ccccc%10n(-c%10ccccc%10)c9c8)cc7)cc6)c6ccc(-n7c8ccccc8c8ccccc87)c7ccccc67)cc5)cc4)cc32)cc1. The highest BCUT2D eigenvalue weighted by Crippen LogP contribution is 2.45. The molecular formula is C82H54N4. The van der Waals surface area contributed by atoms with Crippen molar-refractivity contribution < 1.29 is 0 Å². The van der Waals surface area contributed by atoms with Crippen molar-refractivity contribution in [3.63, 3.8) is 0 Å². The molecule has 4 nitrogen and oxygen atoms in total. The van der Waals surface area contributed by atoms with E-state index >= 15 is 0 Å². The van der Waals surface area contributed by atoms with Crippen LogP contribution in [0, 0.1) is 0 Å². The molecule has 4 heteroatoms. The molecule has 402 valence electrons. The topological polar surface area (TPSA) is 18.0 Å². The average Bonchev–Trinajstić information content (AvgIpc) is 1.78. The molecule has 3 aromatic heterocycles. The number of hydrogen-bond donors (Lipinski definition) is 0. The molecule has 86 heavy (non-hydrogen) atoms. The van der Waals surface area contributed by atoms with Gasteiger partial charge in [0.05, 0.1) is 44.5 Å². The van der Waals surface area contributed by atoms with Crippen LogP contribution < -0.4 is 4.90 Å². The van der Waals surface area contributed by atoms with Crippen LogP contribution in [0.15, 0.2) is 328 Å². The highest BCUT2D eigenvalue weighted by Gasteiger charge is 2.21. The summed E-state index contributed by atoms with van der Waals surface area (Å²) < 4.78 is 7.21. The maximum Gasteiger partial charge on any atom is 0.0547 e. The van der Waals surface area contributed by atoms with Crippen LogP contribution in [0.3, 0.4) is 0 Å². The number of nitrogens with zero attached hydrogens (tertiary/aromatic N) is 4. The fourth-order valence-corrected chi connectivity index (χ4v) is 13.6. The zero-order chi connectivity index (χ0) is 56.7. The van der Waals surface area contributed by atoms with Gasteiger partial charge in [0.1, 0.15) is 0 Å². The second-order valence-corrected chi connectivity index (χ2v) is 22.4. The third-order valence-corrected chi connectivity index (χ3v) is 17.7. The first-order valence-electron chi connectivity index (χ1n) is 29.6. The summed E-state index contributed by atoms with van der Waals surface area (Å²) in [4.78, 5) is 2.42. The summed E-state index contributed by atoms with van der Waals surface area (Å²) in [6, 6.07) is 120. The summed E-state index contributed by atoms with van der Waals surface area (Å²) in [7, 11) is 0. The van der Waals surface area contributed by atoms with Crippen molar-refractivity contribution in [3.8, 4) is 61.6 Å². The molecule has 0 fully saturated rings. The molecule has 0 spiro atoms. The van der Waals surface area contributed by atoms with Crippen molar-refractivity contribution in [1.82, 2.24) is 13.7 Å². The van der Waals surface area contributed by atoms with Gasteiger partial charge in [0.25, 0.3) is 0 Å². The van der Waals surface area contributed by atoms with Crippen LogP contribution in [0.5, 0.6) is 0 Å². The maximum atomic E-state index is 2.44. The Morgan fingerprint density at radius 1 is 0.186 bits per heavy atom. The van der Waals surface area contributed by atoms with Gasteiger partial charge in [-0.25, -0.2) is 0 Å². The zero-order valence-corrected chi connectivity index (χ0v) is 47.0. The van der Waals surface area contributed by atoms with E-state index in [9.17, 15) is 0 Å². The molecule has 0 N–H and O–H groups in total. The Balaban J connectivity index is 0.730. The largest absolute Gasteiger partial charge is 0.310 e. The Hall–Kier alpha value is -11.5. The van der Waals surface area contributed by atoms with E-state index in [1.54, 1.807) is 0 Å². The third-order valence-electron chi connectivity index (χ3n) is 17.7. The number of hydrogen-bond acceptors (Lipinski definition) is 1. The molecule has 0 amide bonds. The number of rotatable bonds is 10. The predicted molar refractivity (Wildman–Crippen MR) is 363 cm³/mol. The van der Waals surface area contributed by atoms with Crippen LogP contribution in [0.4, 0.5) is 17.1 Å². The smallest absolute Gasteiger partial charge is 0.0547 e. The number of anilines is 3. The lowest BCUT2D eigenvalue weighted by Gasteiger charge is -2.28. The lowest BCUT2D eigenvalue weighted by atomic mass is 9.98. The number of benzene rings is 14. The van der Waals surface area contributed by atoms with Gasteiger partial charge in [-0.3, -0.25) is 0 Å². The Kier molecular flexibility index (Phi) is 11.5. The van der Waals surface area contributed by atoms with E-state index in [1.807, 2.05) is 0 Å². The molecule has 0 radical (unpaired) electrons. The van der Waals surface area contributed by atoms with Gasteiger partial charge < -0.3 is 18.6 Å². The van der Waals surface area contributed by atoms with E-state index in [2.05, 4.69) is 346 Å². The normalized spacial score (nSPS) is 11.7. The van der Waals surface area contributed by atoms with Crippen molar-refractivity contribution in [2.24, 2.45) is 0 Å². The Morgan fingerprint density at radius 3 is 0.872 bits per heavy atom. The first-order chi connectivity index (χ1) is 42.7. The van der Waals surface area contributed by atoms with Crippen molar-refractivity contribution >= 4 is 93.3 Å². The first kappa shape index (κ1) is 49.2. The van der Waals surface area contributed by atoms with E-state index in [-0.39, 0.29) is 0 Å². The van der Waals surface area contributed by atoms with Gasteiger partial charge in [-0.05, 0) is 142 Å². The number of aromatic nitrogens is 3. The van der Waals surface area contributed by atoms with Crippen LogP contribution in [0.2, 0.25) is 0 Å². The zero-order valence-electron chi connectivity index (χ0n) is 47.0. The standard InChI is InChI=1S/C82H54N4/c1-3-17-63(18-4-1)84-75-27-13-9-25-71(75)73-49-43-61(53-81(73)84)59-35-31-55(32-36-59)57-39-45-65(46-40-57)83(79-51-52-80(70-22-8-7-21-69(70)79)86-77-29-15-11-23-67(77)68-24-12-16-30-78(68)86)66-47-41-58(42-48-66)56-33-37-60(38-34-56)62-44-50-74-72-26-10-14-28-76(72)85(82(74)54-62)64-19-5-2-6-20-64/h1-54H. The van der Waals surface area contributed by atoms with Crippen molar-refractivity contribution in [3.05, 3.63) is 328 Å². The van der Waals surface area contributed by atoms with Crippen LogP contribution in [-0.2, 0) is 0 Å². The fraction of sp³-hybridized carbons (Fsp3) is 0. The minimum absolute atomic E-state index is 1.07. The van der Waals surface area contributed by atoms with Crippen LogP contribution in [0.25, 0.3) is 138 Å². The van der Waals surface area contributed by atoms with Crippen molar-refractivity contribution in [2.45, 2.75) is 0 Å². The lowest BCUT2D eigenvalue weighted by Crippen LogP contribution is -2.11. The van der Waals surface area contributed by atoms with Gasteiger partial charge >= 0.3 is 0 Å². The molecule has 17 aromatic rings.